The molecule has 0 saturated heterocycles. The van der Waals surface area contributed by atoms with E-state index in [9.17, 15) is 19.5 Å². The van der Waals surface area contributed by atoms with Gasteiger partial charge in [0.25, 0.3) is 0 Å². The van der Waals surface area contributed by atoms with Crippen LogP contribution in [-0.2, 0) is 9.59 Å². The number of Topliss-reactive ketones (excluding diaryl/α,β-unsaturated/α-hetero) is 2. The molecule has 0 heterocycles. The third-order valence-electron chi connectivity index (χ3n) is 3.71. The van der Waals surface area contributed by atoms with Crippen LogP contribution in [0.3, 0.4) is 0 Å². The second kappa shape index (κ2) is 6.70. The van der Waals surface area contributed by atoms with Crippen molar-refractivity contribution in [2.45, 2.75) is 26.7 Å². The number of allylic oxidation sites excluding steroid dienone is 2. The first-order valence-electron chi connectivity index (χ1n) is 7.44. The second-order valence-corrected chi connectivity index (χ2v) is 6.43. The third kappa shape index (κ3) is 3.90. The van der Waals surface area contributed by atoms with Gasteiger partial charge in [0.05, 0.1) is 16.8 Å². The molecule has 0 amide bonds. The molecule has 1 saturated carbocycles. The van der Waals surface area contributed by atoms with E-state index in [-0.39, 0.29) is 24.0 Å². The Labute approximate surface area is 139 Å². The first-order valence-corrected chi connectivity index (χ1v) is 7.44. The second-order valence-electron chi connectivity index (χ2n) is 6.43. The average molecular weight is 328 g/mol. The number of aromatic carboxylic acids is 1. The lowest BCUT2D eigenvalue weighted by molar-refractivity contribution is -0.296. The number of para-hydroxylation sites is 1. The Morgan fingerprint density at radius 3 is 2.38 bits per heavy atom. The summed E-state index contributed by atoms with van der Waals surface area (Å²) in [4.78, 5) is 35.1. The van der Waals surface area contributed by atoms with Crippen LogP contribution in [0.15, 0.2) is 47.9 Å². The van der Waals surface area contributed by atoms with Gasteiger partial charge in [0, 0.05) is 19.0 Å². The van der Waals surface area contributed by atoms with Crippen molar-refractivity contribution in [2.24, 2.45) is 5.41 Å². The number of ketones is 2. The molecule has 0 bridgehead atoms. The monoisotopic (exact) mass is 328 g/mol. The lowest BCUT2D eigenvalue weighted by Gasteiger charge is -2.30. The lowest BCUT2D eigenvalue weighted by Crippen LogP contribution is -2.33. The number of carbonyl (C=O) groups excluding carboxylic acids is 2. The number of anilines is 1. The van der Waals surface area contributed by atoms with Crippen molar-refractivity contribution in [3.63, 3.8) is 0 Å². The molecule has 2 N–H and O–H groups in total. The molecule has 0 spiro atoms. The third-order valence-corrected chi connectivity index (χ3v) is 3.71. The van der Waals surface area contributed by atoms with Crippen molar-refractivity contribution in [1.82, 2.24) is 0 Å². The van der Waals surface area contributed by atoms with Gasteiger partial charge in [-0.05, 0) is 17.5 Å². The zero-order valence-electron chi connectivity index (χ0n) is 13.5. The zero-order valence-corrected chi connectivity index (χ0v) is 13.5. The quantitative estimate of drug-likeness (QED) is 0.496. The summed E-state index contributed by atoms with van der Waals surface area (Å²) in [6.07, 6.45) is 2.62. The first-order chi connectivity index (χ1) is 11.2. The topological polar surface area (TPSA) is 107 Å². The Kier molecular flexibility index (Phi) is 4.87. The van der Waals surface area contributed by atoms with E-state index in [2.05, 4.69) is 5.32 Å². The molecule has 6 nitrogen and oxygen atoms in total. The van der Waals surface area contributed by atoms with Gasteiger partial charge in [-0.25, -0.2) is 4.79 Å². The summed E-state index contributed by atoms with van der Waals surface area (Å²) in [7, 11) is 0. The van der Waals surface area contributed by atoms with Crippen LogP contribution in [0.2, 0.25) is 0 Å². The lowest BCUT2D eigenvalue weighted by atomic mass is 9.74. The van der Waals surface area contributed by atoms with E-state index < -0.39 is 28.7 Å². The van der Waals surface area contributed by atoms with Crippen LogP contribution in [0, 0.1) is 5.41 Å². The Balaban J connectivity index is 2.19. The van der Waals surface area contributed by atoms with Gasteiger partial charge in [0.1, 0.15) is 0 Å². The molecule has 0 radical (unpaired) electrons. The summed E-state index contributed by atoms with van der Waals surface area (Å²) in [5, 5.41) is 23.9. The van der Waals surface area contributed by atoms with Gasteiger partial charge < -0.3 is 15.5 Å². The molecule has 1 aromatic carbocycles. The molecule has 1 aliphatic rings. The smallest absolute Gasteiger partial charge is 0.337 e. The van der Waals surface area contributed by atoms with Crippen LogP contribution >= 0.6 is 0 Å². The highest BCUT2D eigenvalue weighted by Gasteiger charge is 2.35. The fraction of sp³-hybridized carbons (Fsp3) is 0.278. The SMILES string of the molecule is CC1(C)CC(=O)C(=C([O-])/C=C\Nc2ccccc2C(=O)O)C(=O)C1. The molecule has 1 aliphatic carbocycles. The van der Waals surface area contributed by atoms with Crippen molar-refractivity contribution in [2.75, 3.05) is 5.32 Å². The van der Waals surface area contributed by atoms with Crippen LogP contribution in [0.1, 0.15) is 37.0 Å². The average Bonchev–Trinajstić information content (AvgIpc) is 2.45. The van der Waals surface area contributed by atoms with Gasteiger partial charge in [-0.1, -0.05) is 37.8 Å². The molecule has 1 aromatic rings. The molecule has 0 aliphatic heterocycles. The van der Waals surface area contributed by atoms with E-state index in [1.807, 2.05) is 13.8 Å². The maximum Gasteiger partial charge on any atom is 0.337 e. The van der Waals surface area contributed by atoms with Crippen LogP contribution in [0.4, 0.5) is 5.69 Å². The summed E-state index contributed by atoms with van der Waals surface area (Å²) in [6, 6.07) is 6.20. The number of nitrogens with one attached hydrogen (secondary N) is 1. The van der Waals surface area contributed by atoms with Crippen LogP contribution in [-0.4, -0.2) is 22.6 Å². The number of carboxylic acids is 1. The molecule has 0 unspecified atom stereocenters. The minimum absolute atomic E-state index is 0.0498. The van der Waals surface area contributed by atoms with E-state index >= 15 is 0 Å². The van der Waals surface area contributed by atoms with E-state index in [1.165, 1.54) is 12.3 Å². The molecule has 1 fully saturated rings. The molecule has 2 rings (SSSR count). The minimum atomic E-state index is -1.10. The first kappa shape index (κ1) is 17.5. The fourth-order valence-corrected chi connectivity index (χ4v) is 2.62. The number of hydrogen-bond acceptors (Lipinski definition) is 5. The Bertz CT molecular complexity index is 736. The Hall–Kier alpha value is -2.89. The number of benzene rings is 1. The normalized spacial score (nSPS) is 17.2. The van der Waals surface area contributed by atoms with Crippen molar-refractivity contribution in [3.8, 4) is 0 Å². The van der Waals surface area contributed by atoms with E-state index in [0.717, 1.165) is 6.08 Å². The van der Waals surface area contributed by atoms with Gasteiger partial charge in [0.2, 0.25) is 0 Å². The molecular weight excluding hydrogens is 310 g/mol. The molecule has 24 heavy (non-hydrogen) atoms. The van der Waals surface area contributed by atoms with Gasteiger partial charge in [-0.15, -0.1) is 0 Å². The molecule has 6 heteroatoms. The van der Waals surface area contributed by atoms with Crippen molar-refractivity contribution < 1.29 is 24.6 Å². The summed E-state index contributed by atoms with van der Waals surface area (Å²) < 4.78 is 0. The largest absolute Gasteiger partial charge is 0.872 e. The Morgan fingerprint density at radius 1 is 1.21 bits per heavy atom. The van der Waals surface area contributed by atoms with Crippen LogP contribution in [0.5, 0.6) is 0 Å². The summed E-state index contributed by atoms with van der Waals surface area (Å²) in [5.41, 5.74) is -0.380. The molecular formula is C18H18NO5-. The van der Waals surface area contributed by atoms with Crippen molar-refractivity contribution in [1.29, 1.82) is 0 Å². The predicted molar refractivity (Wildman–Crippen MR) is 86.2 cm³/mol. The molecule has 0 atom stereocenters. The number of rotatable bonds is 4. The van der Waals surface area contributed by atoms with Crippen LogP contribution in [0.25, 0.3) is 0 Å². The summed E-state index contributed by atoms with van der Waals surface area (Å²) in [5.74, 6) is -2.67. The highest BCUT2D eigenvalue weighted by Crippen LogP contribution is 2.34. The Morgan fingerprint density at radius 2 is 1.79 bits per heavy atom. The maximum absolute atomic E-state index is 12.1. The fourth-order valence-electron chi connectivity index (χ4n) is 2.62. The van der Waals surface area contributed by atoms with Crippen molar-refractivity contribution >= 4 is 23.2 Å². The minimum Gasteiger partial charge on any atom is -0.872 e. The zero-order chi connectivity index (χ0) is 17.9. The highest BCUT2D eigenvalue weighted by molar-refractivity contribution is 6.22. The number of carbonyl (C=O) groups is 3. The van der Waals surface area contributed by atoms with Gasteiger partial charge in [-0.3, -0.25) is 9.59 Å². The van der Waals surface area contributed by atoms with Crippen LogP contribution < -0.4 is 10.4 Å². The molecule has 0 aromatic heterocycles. The number of hydrogen-bond donors (Lipinski definition) is 2. The highest BCUT2D eigenvalue weighted by atomic mass is 16.4. The molecule has 126 valence electrons. The van der Waals surface area contributed by atoms with Gasteiger partial charge in [-0.2, -0.15) is 0 Å². The predicted octanol–water partition coefficient (Wildman–Crippen LogP) is 1.88. The summed E-state index contributed by atoms with van der Waals surface area (Å²) in [6.45, 7) is 3.62. The van der Waals surface area contributed by atoms with Gasteiger partial charge in [0.15, 0.2) is 11.6 Å². The van der Waals surface area contributed by atoms with E-state index in [1.54, 1.807) is 18.2 Å². The van der Waals surface area contributed by atoms with Gasteiger partial charge >= 0.3 is 5.97 Å². The van der Waals surface area contributed by atoms with Crippen molar-refractivity contribution in [3.05, 3.63) is 53.4 Å². The number of carboxylic acid groups (broad SMARTS) is 1. The van der Waals surface area contributed by atoms with E-state index in [4.69, 9.17) is 5.11 Å². The maximum atomic E-state index is 12.1. The standard InChI is InChI=1S/C18H19NO5/c1-18(2)9-14(21)16(15(22)10-18)13(20)7-8-19-12-6-4-3-5-11(12)17(23)24/h3-8,19-20H,9-10H2,1-2H3,(H,23,24)/p-1/b8-7-. The summed E-state index contributed by atoms with van der Waals surface area (Å²) >= 11 is 0. The van der Waals surface area contributed by atoms with E-state index in [0.29, 0.717) is 5.69 Å².